The van der Waals surface area contributed by atoms with Gasteiger partial charge in [0.05, 0.1) is 12.2 Å². The van der Waals surface area contributed by atoms with Crippen LogP contribution in [-0.2, 0) is 23.7 Å². The molecule has 8 atom stereocenters. The molecular weight excluding hydrogens is 416 g/mol. The van der Waals surface area contributed by atoms with E-state index in [0.29, 0.717) is 36.4 Å². The molecule has 4 aliphatic rings. The highest BCUT2D eigenvalue weighted by atomic mass is 16.7. The van der Waals surface area contributed by atoms with Crippen molar-refractivity contribution in [1.29, 1.82) is 0 Å². The molecule has 33 heavy (non-hydrogen) atoms. The number of Topliss-reactive ketones (excluding diaryl/α,β-unsaturated/α-hetero) is 1. The molecule has 4 rings (SSSR count). The van der Waals surface area contributed by atoms with Crippen LogP contribution in [0.5, 0.6) is 0 Å². The van der Waals surface area contributed by atoms with Gasteiger partial charge in [0.2, 0.25) is 0 Å². The number of carbonyl (C=O) groups excluding carboxylic acids is 1. The number of carbonyl (C=O) groups is 1. The molecule has 0 aromatic heterocycles. The summed E-state index contributed by atoms with van der Waals surface area (Å²) in [7, 11) is 0. The van der Waals surface area contributed by atoms with Crippen molar-refractivity contribution in [2.45, 2.75) is 109 Å². The molecule has 0 N–H and O–H groups in total. The van der Waals surface area contributed by atoms with Gasteiger partial charge >= 0.3 is 0 Å². The molecule has 0 bridgehead atoms. The van der Waals surface area contributed by atoms with Crippen LogP contribution in [0.3, 0.4) is 0 Å². The van der Waals surface area contributed by atoms with Gasteiger partial charge in [-0.25, -0.2) is 0 Å². The molecule has 0 aromatic carbocycles. The maximum absolute atomic E-state index is 12.2. The Morgan fingerprint density at radius 3 is 2.55 bits per heavy atom. The second-order valence-electron chi connectivity index (χ2n) is 10.4. The lowest BCUT2D eigenvalue weighted by molar-refractivity contribution is -0.193. The number of ketones is 1. The standard InChI is InChI=1S/C28H42O5/c1-3-4-5-10-20(2)25(32-27-11-6-8-15-30-27)14-13-23-24-19-22(29)17-21(24)18-26(23)33-28-12-7-9-16-31-28/h13-14,20-21,23-28H,5-12,15-19H2,1-2H3/t20?,21-,23+,24-,25+,26+,27?,28?/m0/s1. The van der Waals surface area contributed by atoms with E-state index in [4.69, 9.17) is 18.9 Å². The molecule has 2 saturated heterocycles. The molecule has 0 spiro atoms. The monoisotopic (exact) mass is 458 g/mol. The Morgan fingerprint density at radius 1 is 1.09 bits per heavy atom. The summed E-state index contributed by atoms with van der Waals surface area (Å²) in [5, 5.41) is 0. The Morgan fingerprint density at radius 2 is 1.85 bits per heavy atom. The first kappa shape index (κ1) is 24.9. The predicted octanol–water partition coefficient (Wildman–Crippen LogP) is 5.42. The Balaban J connectivity index is 1.46. The molecule has 2 heterocycles. The second-order valence-corrected chi connectivity index (χ2v) is 10.4. The number of rotatable bonds is 9. The first-order valence-electron chi connectivity index (χ1n) is 13.3. The highest BCUT2D eigenvalue weighted by Crippen LogP contribution is 2.48. The number of ether oxygens (including phenoxy) is 4. The zero-order valence-electron chi connectivity index (χ0n) is 20.5. The average molecular weight is 459 g/mol. The van der Waals surface area contributed by atoms with Gasteiger partial charge in [-0.3, -0.25) is 4.79 Å². The van der Waals surface area contributed by atoms with Crippen molar-refractivity contribution in [3.63, 3.8) is 0 Å². The van der Waals surface area contributed by atoms with Gasteiger partial charge in [0.15, 0.2) is 12.6 Å². The quantitative estimate of drug-likeness (QED) is 0.341. The normalized spacial score (nSPS) is 36.4. The third kappa shape index (κ3) is 6.92. The van der Waals surface area contributed by atoms with Gasteiger partial charge in [-0.2, -0.15) is 0 Å². The topological polar surface area (TPSA) is 54.0 Å². The van der Waals surface area contributed by atoms with E-state index in [-0.39, 0.29) is 30.7 Å². The van der Waals surface area contributed by atoms with Crippen LogP contribution in [0.1, 0.15) is 84.5 Å². The maximum Gasteiger partial charge on any atom is 0.158 e. The Hall–Kier alpha value is -1.19. The van der Waals surface area contributed by atoms with Crippen LogP contribution in [0.4, 0.5) is 0 Å². The van der Waals surface area contributed by atoms with Gasteiger partial charge in [0.25, 0.3) is 0 Å². The van der Waals surface area contributed by atoms with Crippen molar-refractivity contribution in [1.82, 2.24) is 0 Å². The van der Waals surface area contributed by atoms with Crippen LogP contribution < -0.4 is 0 Å². The predicted molar refractivity (Wildman–Crippen MR) is 127 cm³/mol. The van der Waals surface area contributed by atoms with Gasteiger partial charge in [0.1, 0.15) is 5.78 Å². The number of hydrogen-bond acceptors (Lipinski definition) is 5. The summed E-state index contributed by atoms with van der Waals surface area (Å²) in [6, 6.07) is 0. The summed E-state index contributed by atoms with van der Waals surface area (Å²) in [6.45, 7) is 5.71. The highest BCUT2D eigenvalue weighted by Gasteiger charge is 2.48. The molecule has 2 aliphatic heterocycles. The molecule has 2 aliphatic carbocycles. The molecule has 4 fully saturated rings. The van der Waals surface area contributed by atoms with Crippen LogP contribution in [0.25, 0.3) is 0 Å². The van der Waals surface area contributed by atoms with Crippen molar-refractivity contribution in [2.75, 3.05) is 13.2 Å². The van der Waals surface area contributed by atoms with Crippen LogP contribution in [0.2, 0.25) is 0 Å². The minimum atomic E-state index is -0.125. The second kappa shape index (κ2) is 12.5. The van der Waals surface area contributed by atoms with Crippen LogP contribution >= 0.6 is 0 Å². The first-order chi connectivity index (χ1) is 16.1. The molecule has 0 amide bonds. The van der Waals surface area contributed by atoms with Crippen molar-refractivity contribution >= 4 is 5.78 Å². The lowest BCUT2D eigenvalue weighted by Gasteiger charge is -2.31. The Kier molecular flexibility index (Phi) is 9.44. The Bertz CT molecular complexity index is 710. The molecule has 0 radical (unpaired) electrons. The van der Waals surface area contributed by atoms with E-state index in [1.807, 2.05) is 6.92 Å². The molecule has 5 nitrogen and oxygen atoms in total. The summed E-state index contributed by atoms with van der Waals surface area (Å²) >= 11 is 0. The SMILES string of the molecule is CC#CCCC(C)[C@@H](C=C[C@@H]1[C@H]2CC(=O)C[C@H]2C[C@H]1OC1CCCCO1)OC1CCCCO1. The third-order valence-electron chi connectivity index (χ3n) is 7.91. The fourth-order valence-electron chi connectivity index (χ4n) is 6.01. The van der Waals surface area contributed by atoms with Gasteiger partial charge in [-0.15, -0.1) is 11.8 Å². The van der Waals surface area contributed by atoms with E-state index in [2.05, 4.69) is 30.9 Å². The van der Waals surface area contributed by atoms with E-state index in [1.54, 1.807) is 0 Å². The van der Waals surface area contributed by atoms with E-state index >= 15 is 0 Å². The van der Waals surface area contributed by atoms with Crippen LogP contribution in [0.15, 0.2) is 12.2 Å². The molecule has 5 heteroatoms. The number of fused-ring (bicyclic) bond motifs is 1. The summed E-state index contributed by atoms with van der Waals surface area (Å²) in [6.07, 6.45) is 15.2. The smallest absolute Gasteiger partial charge is 0.158 e. The number of hydrogen-bond donors (Lipinski definition) is 0. The first-order valence-corrected chi connectivity index (χ1v) is 13.3. The molecule has 184 valence electrons. The van der Waals surface area contributed by atoms with E-state index in [0.717, 1.165) is 64.6 Å². The Labute approximate surface area is 199 Å². The van der Waals surface area contributed by atoms with E-state index < -0.39 is 0 Å². The average Bonchev–Trinajstić information content (AvgIpc) is 3.33. The van der Waals surface area contributed by atoms with Crippen LogP contribution in [-0.4, -0.2) is 43.8 Å². The highest BCUT2D eigenvalue weighted by molar-refractivity contribution is 5.81. The summed E-state index contributed by atoms with van der Waals surface area (Å²) in [5.41, 5.74) is 0. The van der Waals surface area contributed by atoms with Crippen molar-refractivity contribution in [3.05, 3.63) is 12.2 Å². The summed E-state index contributed by atoms with van der Waals surface area (Å²) in [4.78, 5) is 12.2. The van der Waals surface area contributed by atoms with Gasteiger partial charge in [0, 0.05) is 38.4 Å². The van der Waals surface area contributed by atoms with E-state index in [1.165, 1.54) is 6.42 Å². The molecule has 0 aromatic rings. The minimum absolute atomic E-state index is 0.0190. The third-order valence-corrected chi connectivity index (χ3v) is 7.91. The molecule has 3 unspecified atom stereocenters. The summed E-state index contributed by atoms with van der Waals surface area (Å²) < 4.78 is 24.7. The zero-order chi connectivity index (χ0) is 23.0. The minimum Gasteiger partial charge on any atom is -0.353 e. The van der Waals surface area contributed by atoms with Crippen molar-refractivity contribution < 1.29 is 23.7 Å². The van der Waals surface area contributed by atoms with Gasteiger partial charge < -0.3 is 18.9 Å². The summed E-state index contributed by atoms with van der Waals surface area (Å²) in [5.74, 6) is 8.01. The largest absolute Gasteiger partial charge is 0.353 e. The fourth-order valence-corrected chi connectivity index (χ4v) is 6.01. The van der Waals surface area contributed by atoms with Crippen molar-refractivity contribution in [2.24, 2.45) is 23.7 Å². The van der Waals surface area contributed by atoms with Crippen LogP contribution in [0, 0.1) is 35.5 Å². The maximum atomic E-state index is 12.2. The van der Waals surface area contributed by atoms with Crippen molar-refractivity contribution in [3.8, 4) is 11.8 Å². The fraction of sp³-hybridized carbons (Fsp3) is 0.821. The molecule has 2 saturated carbocycles. The lowest BCUT2D eigenvalue weighted by atomic mass is 9.89. The van der Waals surface area contributed by atoms with Gasteiger partial charge in [-0.1, -0.05) is 19.1 Å². The van der Waals surface area contributed by atoms with E-state index in [9.17, 15) is 4.79 Å². The van der Waals surface area contributed by atoms with Gasteiger partial charge in [-0.05, 0) is 76.0 Å². The lowest BCUT2D eigenvalue weighted by Crippen LogP contribution is -2.32. The molecular formula is C28H42O5. The zero-order valence-corrected chi connectivity index (χ0v) is 20.5.